The highest BCUT2D eigenvalue weighted by atomic mass is 32.2. The number of carbonyl (C=O) groups excluding carboxylic acids is 1. The van der Waals surface area contributed by atoms with E-state index in [1.54, 1.807) is 0 Å². The Hall–Kier alpha value is -3.33. The molecule has 0 aliphatic heterocycles. The summed E-state index contributed by atoms with van der Waals surface area (Å²) in [4.78, 5) is 12.8. The van der Waals surface area contributed by atoms with Gasteiger partial charge in [-0.05, 0) is 75.4 Å². The number of benzene rings is 2. The maximum absolute atomic E-state index is 12.8. The summed E-state index contributed by atoms with van der Waals surface area (Å²) in [5, 5.41) is 17.0. The van der Waals surface area contributed by atoms with Gasteiger partial charge in [0, 0.05) is 17.1 Å². The van der Waals surface area contributed by atoms with Crippen LogP contribution in [-0.2, 0) is 11.3 Å². The quantitative estimate of drug-likeness (QED) is 0.281. The molecule has 0 bridgehead atoms. The monoisotopic (exact) mass is 506 g/mol. The summed E-state index contributed by atoms with van der Waals surface area (Å²) >= 11 is 1.37. The van der Waals surface area contributed by atoms with Crippen LogP contribution in [0.1, 0.15) is 52.3 Å². The molecule has 1 amide bonds. The number of amides is 1. The largest absolute Gasteiger partial charge is 0.494 e. The molecule has 2 N–H and O–H groups in total. The van der Waals surface area contributed by atoms with Crippen molar-refractivity contribution in [3.63, 3.8) is 0 Å². The highest BCUT2D eigenvalue weighted by Gasteiger charge is 2.22. The molecule has 2 aromatic carbocycles. The van der Waals surface area contributed by atoms with Gasteiger partial charge in [-0.15, -0.1) is 10.2 Å². The van der Waals surface area contributed by atoms with Gasteiger partial charge in [0.2, 0.25) is 0 Å². The van der Waals surface area contributed by atoms with Gasteiger partial charge in [0.05, 0.1) is 18.4 Å². The molecule has 1 aliphatic rings. The van der Waals surface area contributed by atoms with Gasteiger partial charge in [0.1, 0.15) is 5.75 Å². The Morgan fingerprint density at radius 2 is 1.94 bits per heavy atom. The first-order chi connectivity index (χ1) is 17.5. The topological polar surface area (TPSA) is 93.4 Å². The smallest absolute Gasteiger partial charge is 0.253 e. The summed E-state index contributed by atoms with van der Waals surface area (Å²) in [6, 6.07) is 17.8. The average molecular weight is 507 g/mol. The van der Waals surface area contributed by atoms with Crippen molar-refractivity contribution in [2.24, 2.45) is 11.0 Å². The average Bonchev–Trinajstić information content (AvgIpc) is 3.30. The molecule has 8 nitrogen and oxygen atoms in total. The van der Waals surface area contributed by atoms with E-state index in [2.05, 4.69) is 33.0 Å². The fourth-order valence-corrected chi connectivity index (χ4v) is 4.99. The van der Waals surface area contributed by atoms with Crippen LogP contribution >= 0.6 is 11.8 Å². The zero-order valence-electron chi connectivity index (χ0n) is 21.1. The summed E-state index contributed by atoms with van der Waals surface area (Å²) in [5.41, 5.74) is 5.76. The Labute approximate surface area is 216 Å². The van der Waals surface area contributed by atoms with E-state index < -0.39 is 0 Å². The van der Waals surface area contributed by atoms with Gasteiger partial charge in [0.25, 0.3) is 5.91 Å². The van der Waals surface area contributed by atoms with Crippen molar-refractivity contribution in [1.29, 1.82) is 0 Å². The van der Waals surface area contributed by atoms with Crippen LogP contribution in [0.5, 0.6) is 5.75 Å². The van der Waals surface area contributed by atoms with Crippen LogP contribution in [0.2, 0.25) is 0 Å². The Kier molecular flexibility index (Phi) is 9.00. The number of ether oxygens (including phenoxy) is 1. The summed E-state index contributed by atoms with van der Waals surface area (Å²) in [7, 11) is 0. The van der Waals surface area contributed by atoms with Crippen molar-refractivity contribution >= 4 is 29.1 Å². The third-order valence-electron chi connectivity index (χ3n) is 6.18. The number of nitrogens with one attached hydrogen (secondary N) is 2. The summed E-state index contributed by atoms with van der Waals surface area (Å²) in [6.45, 7) is 7.12. The number of hydrazone groups is 1. The van der Waals surface area contributed by atoms with E-state index in [-0.39, 0.29) is 11.2 Å². The summed E-state index contributed by atoms with van der Waals surface area (Å²) in [6.07, 6.45) is 4.45. The van der Waals surface area contributed by atoms with Gasteiger partial charge in [-0.3, -0.25) is 9.36 Å². The van der Waals surface area contributed by atoms with E-state index in [9.17, 15) is 4.79 Å². The molecule has 36 heavy (non-hydrogen) atoms. The Bertz CT molecular complexity index is 1160. The third kappa shape index (κ3) is 6.66. The van der Waals surface area contributed by atoms with Gasteiger partial charge in [-0.1, -0.05) is 43.3 Å². The molecule has 190 valence electrons. The van der Waals surface area contributed by atoms with Gasteiger partial charge in [-0.25, -0.2) is 5.43 Å². The number of aromatic nitrogens is 3. The number of anilines is 1. The lowest BCUT2D eigenvalue weighted by atomic mass is 9.89. The van der Waals surface area contributed by atoms with Crippen LogP contribution in [0.25, 0.3) is 5.69 Å². The molecule has 1 aliphatic carbocycles. The van der Waals surface area contributed by atoms with E-state index in [0.717, 1.165) is 47.9 Å². The Balaban J connectivity index is 1.47. The van der Waals surface area contributed by atoms with E-state index in [4.69, 9.17) is 4.74 Å². The van der Waals surface area contributed by atoms with Crippen molar-refractivity contribution < 1.29 is 9.53 Å². The number of carbonyl (C=O) groups is 1. The van der Waals surface area contributed by atoms with Crippen molar-refractivity contribution in [2.75, 3.05) is 11.9 Å². The zero-order valence-corrected chi connectivity index (χ0v) is 21.9. The van der Waals surface area contributed by atoms with Gasteiger partial charge < -0.3 is 10.1 Å². The molecule has 3 aromatic rings. The SMILES string of the molecule is CCOc1ccc(NCc2nnc(S[C@H](C)C(=O)NN=C3CCCC[C@H]3C)n2-c2ccccc2)cc1. The fourth-order valence-electron chi connectivity index (χ4n) is 4.11. The van der Waals surface area contributed by atoms with Crippen LogP contribution in [-0.4, -0.2) is 38.2 Å². The molecule has 0 saturated heterocycles. The highest BCUT2D eigenvalue weighted by Crippen LogP contribution is 2.27. The number of nitrogens with zero attached hydrogens (tertiary/aromatic N) is 4. The lowest BCUT2D eigenvalue weighted by Crippen LogP contribution is -2.30. The number of hydrogen-bond donors (Lipinski definition) is 2. The maximum atomic E-state index is 12.8. The second-order valence-corrected chi connectivity index (χ2v) is 10.2. The summed E-state index contributed by atoms with van der Waals surface area (Å²) < 4.78 is 7.51. The van der Waals surface area contributed by atoms with E-state index >= 15 is 0 Å². The molecule has 1 fully saturated rings. The Morgan fingerprint density at radius 1 is 1.17 bits per heavy atom. The van der Waals surface area contributed by atoms with Crippen molar-refractivity contribution in [3.8, 4) is 11.4 Å². The first kappa shape index (κ1) is 25.8. The number of para-hydroxylation sites is 1. The molecular formula is C27H34N6O2S. The minimum atomic E-state index is -0.383. The minimum absolute atomic E-state index is 0.137. The van der Waals surface area contributed by atoms with Gasteiger partial charge in [0.15, 0.2) is 11.0 Å². The second kappa shape index (κ2) is 12.6. The number of thioether (sulfide) groups is 1. The molecule has 4 rings (SSSR count). The molecule has 9 heteroatoms. The van der Waals surface area contributed by atoms with Crippen LogP contribution in [0.15, 0.2) is 64.9 Å². The van der Waals surface area contributed by atoms with Crippen LogP contribution in [0, 0.1) is 5.92 Å². The maximum Gasteiger partial charge on any atom is 0.253 e. The van der Waals surface area contributed by atoms with Crippen molar-refractivity contribution in [2.45, 2.75) is 63.4 Å². The molecule has 0 spiro atoms. The highest BCUT2D eigenvalue weighted by molar-refractivity contribution is 8.00. The molecular weight excluding hydrogens is 472 g/mol. The van der Waals surface area contributed by atoms with Crippen molar-refractivity contribution in [3.05, 3.63) is 60.4 Å². The van der Waals surface area contributed by atoms with E-state index in [0.29, 0.717) is 24.2 Å². The standard InChI is InChI=1S/C27H34N6O2S/c1-4-35-23-16-14-21(15-17-23)28-18-25-30-32-27(33(25)22-11-6-5-7-12-22)36-20(3)26(34)31-29-24-13-9-8-10-19(24)2/h5-7,11-12,14-17,19-20,28H,4,8-10,13,18H2,1-3H3,(H,31,34)/t19-,20-/m1/s1. The Morgan fingerprint density at radius 3 is 2.67 bits per heavy atom. The predicted octanol–water partition coefficient (Wildman–Crippen LogP) is 5.44. The molecule has 1 heterocycles. The summed E-state index contributed by atoms with van der Waals surface area (Å²) in [5.74, 6) is 1.88. The second-order valence-electron chi connectivity index (χ2n) is 8.87. The van der Waals surface area contributed by atoms with E-state index in [1.807, 2.05) is 73.0 Å². The first-order valence-electron chi connectivity index (χ1n) is 12.5. The van der Waals surface area contributed by atoms with Crippen molar-refractivity contribution in [1.82, 2.24) is 20.2 Å². The molecule has 1 saturated carbocycles. The first-order valence-corrected chi connectivity index (χ1v) is 13.4. The molecule has 2 atom stereocenters. The lowest BCUT2D eigenvalue weighted by Gasteiger charge is -2.20. The van der Waals surface area contributed by atoms with Crippen LogP contribution in [0.4, 0.5) is 5.69 Å². The predicted molar refractivity (Wildman–Crippen MR) is 145 cm³/mol. The lowest BCUT2D eigenvalue weighted by molar-refractivity contribution is -0.120. The molecule has 0 unspecified atom stereocenters. The minimum Gasteiger partial charge on any atom is -0.494 e. The fraction of sp³-hybridized carbons (Fsp3) is 0.407. The number of rotatable bonds is 10. The third-order valence-corrected chi connectivity index (χ3v) is 7.22. The normalized spacial score (nSPS) is 17.5. The van der Waals surface area contributed by atoms with Gasteiger partial charge >= 0.3 is 0 Å². The molecule has 0 radical (unpaired) electrons. The van der Waals surface area contributed by atoms with Crippen LogP contribution in [0.3, 0.4) is 0 Å². The van der Waals surface area contributed by atoms with Gasteiger partial charge in [-0.2, -0.15) is 5.10 Å². The zero-order chi connectivity index (χ0) is 25.3. The van der Waals surface area contributed by atoms with E-state index in [1.165, 1.54) is 18.2 Å². The molecule has 1 aromatic heterocycles. The number of hydrogen-bond acceptors (Lipinski definition) is 7. The van der Waals surface area contributed by atoms with Crippen LogP contribution < -0.4 is 15.5 Å².